The molecule has 0 spiro atoms. The summed E-state index contributed by atoms with van der Waals surface area (Å²) in [5.74, 6) is 0.0211. The number of carbonyl (C=O) groups excluding carboxylic acids is 1. The van der Waals surface area contributed by atoms with Crippen molar-refractivity contribution in [3.63, 3.8) is 0 Å². The zero-order chi connectivity index (χ0) is 29.9. The number of halogens is 1. The zero-order valence-corrected chi connectivity index (χ0v) is 25.2. The number of hydrogen-bond donors (Lipinski definition) is 1. The van der Waals surface area contributed by atoms with Gasteiger partial charge in [-0.2, -0.15) is 0 Å². The van der Waals surface area contributed by atoms with Gasteiger partial charge in [-0.15, -0.1) is 0 Å². The lowest BCUT2D eigenvalue weighted by atomic mass is 9.98. The molecule has 0 aliphatic heterocycles. The summed E-state index contributed by atoms with van der Waals surface area (Å²) >= 11 is 3.50. The Kier molecular flexibility index (Phi) is 8.44. The van der Waals surface area contributed by atoms with Crippen LogP contribution in [0.5, 0.6) is 0 Å². The van der Waals surface area contributed by atoms with Crippen LogP contribution in [0.4, 0.5) is 10.5 Å². The molecule has 5 aromatic rings. The van der Waals surface area contributed by atoms with E-state index in [0.717, 1.165) is 16.5 Å². The average molecular weight is 631 g/mol. The molecule has 9 nitrogen and oxygen atoms in total. The Morgan fingerprint density at radius 1 is 0.976 bits per heavy atom. The third-order valence-electron chi connectivity index (χ3n) is 6.73. The van der Waals surface area contributed by atoms with Crippen LogP contribution in [0.15, 0.2) is 106 Å². The lowest BCUT2D eigenvalue weighted by Crippen LogP contribution is -2.40. The molecule has 0 aliphatic carbocycles. The van der Waals surface area contributed by atoms with E-state index in [1.165, 1.54) is 4.57 Å². The number of imidazole rings is 1. The molecule has 3 aromatic carbocycles. The molecule has 1 atom stereocenters. The fourth-order valence-electron chi connectivity index (χ4n) is 4.93. The SMILES string of the molecule is CC(C)(C)OC(=O)Nc1ccc(-n2c(=O)c3ccccc3n(CC(Cc3ccc(Br)cc3)Cn3ccnc3)c2=O)cc1. The van der Waals surface area contributed by atoms with E-state index in [2.05, 4.69) is 38.4 Å². The highest BCUT2D eigenvalue weighted by atomic mass is 79.9. The van der Waals surface area contributed by atoms with Crippen LogP contribution in [0.2, 0.25) is 0 Å². The summed E-state index contributed by atoms with van der Waals surface area (Å²) in [5, 5.41) is 3.12. The molecule has 0 radical (unpaired) electrons. The van der Waals surface area contributed by atoms with Gasteiger partial charge in [-0.25, -0.2) is 19.1 Å². The molecule has 5 rings (SSSR count). The molecule has 0 saturated heterocycles. The fourth-order valence-corrected chi connectivity index (χ4v) is 5.20. The second kappa shape index (κ2) is 12.2. The Morgan fingerprint density at radius 3 is 2.36 bits per heavy atom. The number of benzene rings is 3. The van der Waals surface area contributed by atoms with Crippen molar-refractivity contribution in [2.75, 3.05) is 5.32 Å². The minimum absolute atomic E-state index is 0.0211. The first-order chi connectivity index (χ1) is 20.1. The quantitative estimate of drug-likeness (QED) is 0.226. The summed E-state index contributed by atoms with van der Waals surface area (Å²) in [6.07, 6.45) is 5.54. The van der Waals surface area contributed by atoms with E-state index in [4.69, 9.17) is 4.74 Å². The first-order valence-electron chi connectivity index (χ1n) is 13.6. The van der Waals surface area contributed by atoms with Gasteiger partial charge in [0, 0.05) is 35.6 Å². The van der Waals surface area contributed by atoms with Crippen molar-refractivity contribution < 1.29 is 9.53 Å². The van der Waals surface area contributed by atoms with Gasteiger partial charge in [0.25, 0.3) is 5.56 Å². The molecule has 0 aliphatic rings. The average Bonchev–Trinajstić information content (AvgIpc) is 3.45. The summed E-state index contributed by atoms with van der Waals surface area (Å²) in [4.78, 5) is 44.1. The van der Waals surface area contributed by atoms with Crippen LogP contribution in [0, 0.1) is 5.92 Å². The topological polar surface area (TPSA) is 100 Å². The van der Waals surface area contributed by atoms with Gasteiger partial charge in [0.2, 0.25) is 0 Å². The van der Waals surface area contributed by atoms with Crippen LogP contribution in [-0.2, 0) is 24.2 Å². The zero-order valence-electron chi connectivity index (χ0n) is 23.7. The third kappa shape index (κ3) is 6.88. The maximum absolute atomic E-state index is 14.1. The second-order valence-electron chi connectivity index (χ2n) is 11.2. The molecule has 0 bridgehead atoms. The monoisotopic (exact) mass is 629 g/mol. The predicted octanol–water partition coefficient (Wildman–Crippen LogP) is 6.02. The predicted molar refractivity (Wildman–Crippen MR) is 167 cm³/mol. The maximum atomic E-state index is 14.1. The van der Waals surface area contributed by atoms with Crippen LogP contribution in [-0.4, -0.2) is 30.4 Å². The lowest BCUT2D eigenvalue weighted by molar-refractivity contribution is 0.0636. The minimum atomic E-state index is -0.638. The summed E-state index contributed by atoms with van der Waals surface area (Å²) < 4.78 is 11.2. The van der Waals surface area contributed by atoms with E-state index in [1.807, 2.05) is 35.0 Å². The minimum Gasteiger partial charge on any atom is -0.444 e. The molecule has 42 heavy (non-hydrogen) atoms. The number of nitrogens with one attached hydrogen (secondary N) is 1. The number of anilines is 1. The van der Waals surface area contributed by atoms with Gasteiger partial charge in [-0.1, -0.05) is 40.2 Å². The summed E-state index contributed by atoms with van der Waals surface area (Å²) in [6.45, 7) is 6.37. The standard InChI is InChI=1S/C32H32BrN5O4/c1-32(2,3)42-30(40)35-25-12-14-26(15-13-25)38-29(39)27-6-4-5-7-28(27)37(31(38)41)20-23(19-36-17-16-34-21-36)18-22-8-10-24(33)11-9-22/h4-17,21,23H,18-20H2,1-3H3,(H,35,40). The van der Waals surface area contributed by atoms with Crippen molar-refractivity contribution in [1.29, 1.82) is 0 Å². The maximum Gasteiger partial charge on any atom is 0.412 e. The smallest absolute Gasteiger partial charge is 0.412 e. The Bertz CT molecular complexity index is 1800. The highest BCUT2D eigenvalue weighted by Crippen LogP contribution is 2.20. The van der Waals surface area contributed by atoms with Crippen molar-refractivity contribution in [3.05, 3.63) is 122 Å². The third-order valence-corrected chi connectivity index (χ3v) is 7.26. The number of rotatable bonds is 8. The Labute approximate surface area is 251 Å². The molecule has 1 unspecified atom stereocenters. The number of amides is 1. The van der Waals surface area contributed by atoms with Crippen LogP contribution >= 0.6 is 15.9 Å². The summed E-state index contributed by atoms with van der Waals surface area (Å²) in [7, 11) is 0. The van der Waals surface area contributed by atoms with E-state index < -0.39 is 22.9 Å². The van der Waals surface area contributed by atoms with E-state index >= 15 is 0 Å². The van der Waals surface area contributed by atoms with Gasteiger partial charge in [0.1, 0.15) is 5.60 Å². The van der Waals surface area contributed by atoms with Crippen LogP contribution < -0.4 is 16.6 Å². The van der Waals surface area contributed by atoms with Gasteiger partial charge in [0.15, 0.2) is 0 Å². The van der Waals surface area contributed by atoms with Crippen molar-refractivity contribution in [3.8, 4) is 5.69 Å². The van der Waals surface area contributed by atoms with Gasteiger partial charge >= 0.3 is 11.8 Å². The highest BCUT2D eigenvalue weighted by molar-refractivity contribution is 9.10. The second-order valence-corrected chi connectivity index (χ2v) is 12.1. The van der Waals surface area contributed by atoms with Gasteiger partial charge in [-0.05, 0) is 87.2 Å². The van der Waals surface area contributed by atoms with Crippen molar-refractivity contribution in [1.82, 2.24) is 18.7 Å². The molecule has 216 valence electrons. The molecular weight excluding hydrogens is 598 g/mol. The lowest BCUT2D eigenvalue weighted by Gasteiger charge is -2.22. The van der Waals surface area contributed by atoms with E-state index in [-0.39, 0.29) is 5.92 Å². The molecular formula is C32H32BrN5O4. The van der Waals surface area contributed by atoms with Gasteiger partial charge in [-0.3, -0.25) is 14.7 Å². The van der Waals surface area contributed by atoms with Gasteiger partial charge < -0.3 is 9.30 Å². The first kappa shape index (κ1) is 29.1. The van der Waals surface area contributed by atoms with Crippen LogP contribution in [0.1, 0.15) is 26.3 Å². The molecule has 0 fully saturated rings. The molecule has 2 heterocycles. The molecule has 0 saturated carbocycles. The number of nitrogens with zero attached hydrogens (tertiary/aromatic N) is 4. The number of aromatic nitrogens is 4. The first-order valence-corrected chi connectivity index (χ1v) is 14.4. The largest absolute Gasteiger partial charge is 0.444 e. The number of fused-ring (bicyclic) bond motifs is 1. The summed E-state index contributed by atoms with van der Waals surface area (Å²) in [6, 6.07) is 21.9. The van der Waals surface area contributed by atoms with Crippen molar-refractivity contribution in [2.45, 2.75) is 45.9 Å². The fraction of sp³-hybridized carbons (Fsp3) is 0.250. The Balaban J connectivity index is 1.53. The highest BCUT2D eigenvalue weighted by Gasteiger charge is 2.20. The van der Waals surface area contributed by atoms with Crippen molar-refractivity contribution >= 4 is 38.6 Å². The van der Waals surface area contributed by atoms with Crippen LogP contribution in [0.25, 0.3) is 16.6 Å². The Hall–Kier alpha value is -4.44. The number of carbonyl (C=O) groups is 1. The molecule has 1 N–H and O–H groups in total. The van der Waals surface area contributed by atoms with Gasteiger partial charge in [0.05, 0.1) is 22.9 Å². The molecule has 1 amide bonds. The normalized spacial score (nSPS) is 12.3. The summed E-state index contributed by atoms with van der Waals surface area (Å²) in [5.41, 5.74) is 1.13. The van der Waals surface area contributed by atoms with Crippen molar-refractivity contribution in [2.24, 2.45) is 5.92 Å². The molecule has 2 aromatic heterocycles. The number of hydrogen-bond acceptors (Lipinski definition) is 5. The number of para-hydroxylation sites is 1. The van der Waals surface area contributed by atoms with E-state index in [1.54, 1.807) is 74.3 Å². The van der Waals surface area contributed by atoms with E-state index in [9.17, 15) is 14.4 Å². The van der Waals surface area contributed by atoms with Crippen LogP contribution in [0.3, 0.4) is 0 Å². The number of ether oxygens (including phenoxy) is 1. The molecule has 10 heteroatoms. The van der Waals surface area contributed by atoms with E-state index in [0.29, 0.717) is 35.4 Å². The Morgan fingerprint density at radius 2 is 1.69 bits per heavy atom.